The first-order valence-corrected chi connectivity index (χ1v) is 7.43. The van der Waals surface area contributed by atoms with Gasteiger partial charge in [0, 0.05) is 0 Å². The van der Waals surface area contributed by atoms with Gasteiger partial charge in [0.1, 0.15) is 11.4 Å². The van der Waals surface area contributed by atoms with Crippen molar-refractivity contribution in [2.24, 2.45) is 11.3 Å². The largest absolute Gasteiger partial charge is 0.383 e. The number of halogens is 1. The molecule has 3 rings (SSSR count). The second-order valence-electron chi connectivity index (χ2n) is 6.56. The molecule has 0 aliphatic heterocycles. The number of benzene rings is 1. The Balaban J connectivity index is 2.08. The van der Waals surface area contributed by atoms with Crippen LogP contribution in [-0.4, -0.2) is 5.11 Å². The highest BCUT2D eigenvalue weighted by molar-refractivity contribution is 5.41. The smallest absolute Gasteiger partial charge is 0.123 e. The summed E-state index contributed by atoms with van der Waals surface area (Å²) in [6.45, 7) is 2.15. The van der Waals surface area contributed by atoms with Gasteiger partial charge in [0.25, 0.3) is 0 Å². The van der Waals surface area contributed by atoms with E-state index >= 15 is 0 Å². The predicted octanol–water partition coefficient (Wildman–Crippen LogP) is 3.68. The molecule has 106 valence electrons. The summed E-state index contributed by atoms with van der Waals surface area (Å²) in [5, 5.41) is 21.1. The molecule has 20 heavy (non-hydrogen) atoms. The Morgan fingerprint density at radius 1 is 1.40 bits per heavy atom. The Morgan fingerprint density at radius 3 is 2.90 bits per heavy atom. The van der Waals surface area contributed by atoms with Gasteiger partial charge >= 0.3 is 0 Å². The Labute approximate surface area is 119 Å². The van der Waals surface area contributed by atoms with E-state index < -0.39 is 11.0 Å². The van der Waals surface area contributed by atoms with E-state index in [-0.39, 0.29) is 5.82 Å². The van der Waals surface area contributed by atoms with Crippen molar-refractivity contribution in [1.82, 2.24) is 0 Å². The van der Waals surface area contributed by atoms with Crippen LogP contribution >= 0.6 is 0 Å². The highest BCUT2D eigenvalue weighted by Gasteiger charge is 2.55. The topological polar surface area (TPSA) is 44.0 Å². The predicted molar refractivity (Wildman–Crippen MR) is 74.3 cm³/mol. The zero-order valence-electron chi connectivity index (χ0n) is 11.8. The summed E-state index contributed by atoms with van der Waals surface area (Å²) in [7, 11) is 0. The maximum absolute atomic E-state index is 13.3. The first kappa shape index (κ1) is 13.6. The van der Waals surface area contributed by atoms with Crippen LogP contribution in [0.3, 0.4) is 0 Å². The quantitative estimate of drug-likeness (QED) is 0.848. The van der Waals surface area contributed by atoms with Crippen LogP contribution in [0.25, 0.3) is 0 Å². The summed E-state index contributed by atoms with van der Waals surface area (Å²) in [5.74, 6) is 0.188. The van der Waals surface area contributed by atoms with Gasteiger partial charge in [-0.3, -0.25) is 0 Å². The summed E-state index contributed by atoms with van der Waals surface area (Å²) in [5.41, 5.74) is -0.192. The first-order chi connectivity index (χ1) is 9.51. The number of hydrogen-bond acceptors (Lipinski definition) is 2. The molecule has 2 aliphatic carbocycles. The molecule has 0 saturated heterocycles. The van der Waals surface area contributed by atoms with E-state index in [1.54, 1.807) is 6.07 Å². The first-order valence-electron chi connectivity index (χ1n) is 7.43. The van der Waals surface area contributed by atoms with E-state index in [1.807, 2.05) is 0 Å². The molecular formula is C17H20FNO. The molecule has 0 heterocycles. The molecule has 0 aromatic heterocycles. The monoisotopic (exact) mass is 273 g/mol. The lowest BCUT2D eigenvalue weighted by atomic mass is 9.60. The average molecular weight is 273 g/mol. The molecule has 1 aromatic carbocycles. The lowest BCUT2D eigenvalue weighted by Crippen LogP contribution is -2.46. The van der Waals surface area contributed by atoms with Crippen LogP contribution < -0.4 is 0 Å². The van der Waals surface area contributed by atoms with Gasteiger partial charge in [0.05, 0.1) is 11.5 Å². The fraction of sp³-hybridized carbons (Fsp3) is 0.588. The summed E-state index contributed by atoms with van der Waals surface area (Å²) in [6.07, 6.45) is 4.76. The van der Waals surface area contributed by atoms with Crippen molar-refractivity contribution in [2.75, 3.05) is 0 Å². The van der Waals surface area contributed by atoms with Crippen molar-refractivity contribution in [3.8, 4) is 6.07 Å². The van der Waals surface area contributed by atoms with Gasteiger partial charge in [-0.25, -0.2) is 4.39 Å². The number of fused-ring (bicyclic) bond motifs is 1. The molecule has 3 atom stereocenters. The zero-order valence-corrected chi connectivity index (χ0v) is 11.8. The average Bonchev–Trinajstić information content (AvgIpc) is 2.77. The molecule has 0 radical (unpaired) electrons. The summed E-state index contributed by atoms with van der Waals surface area (Å²) >= 11 is 0. The molecule has 2 nitrogen and oxygen atoms in total. The number of aliphatic hydroxyl groups is 1. The fourth-order valence-corrected chi connectivity index (χ4v) is 4.24. The third-order valence-electron chi connectivity index (χ3n) is 5.27. The number of rotatable bonds is 1. The molecule has 1 saturated carbocycles. The number of nitrogens with zero attached hydrogens (tertiary/aromatic N) is 1. The number of aryl methyl sites for hydroxylation is 1. The van der Waals surface area contributed by atoms with Gasteiger partial charge in [0.15, 0.2) is 0 Å². The van der Waals surface area contributed by atoms with Gasteiger partial charge in [-0.15, -0.1) is 0 Å². The number of hydrogen-bond donors (Lipinski definition) is 1. The van der Waals surface area contributed by atoms with Crippen molar-refractivity contribution in [3.05, 3.63) is 35.1 Å². The van der Waals surface area contributed by atoms with Crippen molar-refractivity contribution in [3.63, 3.8) is 0 Å². The van der Waals surface area contributed by atoms with E-state index in [4.69, 9.17) is 0 Å². The Hall–Kier alpha value is -1.40. The SMILES string of the molecule is CC1CCCC(C#N)(C2(O)CCc3cc(F)ccc32)C1. The molecule has 1 aromatic rings. The van der Waals surface area contributed by atoms with E-state index in [9.17, 15) is 14.8 Å². The van der Waals surface area contributed by atoms with E-state index in [0.29, 0.717) is 18.8 Å². The minimum absolute atomic E-state index is 0.268. The summed E-state index contributed by atoms with van der Waals surface area (Å²) in [4.78, 5) is 0. The molecule has 3 unspecified atom stereocenters. The van der Waals surface area contributed by atoms with Crippen LogP contribution in [0.15, 0.2) is 18.2 Å². The molecule has 3 heteroatoms. The molecule has 1 fully saturated rings. The minimum atomic E-state index is -1.11. The van der Waals surface area contributed by atoms with Crippen LogP contribution in [0.2, 0.25) is 0 Å². The Morgan fingerprint density at radius 2 is 2.20 bits per heavy atom. The van der Waals surface area contributed by atoms with E-state index in [1.165, 1.54) is 12.1 Å². The zero-order chi connectivity index (χ0) is 14.4. The van der Waals surface area contributed by atoms with Gasteiger partial charge in [-0.1, -0.05) is 25.8 Å². The third-order valence-corrected chi connectivity index (χ3v) is 5.27. The molecule has 2 aliphatic rings. The van der Waals surface area contributed by atoms with Gasteiger partial charge in [-0.2, -0.15) is 5.26 Å². The number of nitriles is 1. The van der Waals surface area contributed by atoms with Crippen LogP contribution in [0.4, 0.5) is 4.39 Å². The van der Waals surface area contributed by atoms with Crippen LogP contribution in [-0.2, 0) is 12.0 Å². The fourth-order valence-electron chi connectivity index (χ4n) is 4.24. The minimum Gasteiger partial charge on any atom is -0.383 e. The molecule has 0 bridgehead atoms. The van der Waals surface area contributed by atoms with Gasteiger partial charge in [0.2, 0.25) is 0 Å². The van der Waals surface area contributed by atoms with Crippen LogP contribution in [0.5, 0.6) is 0 Å². The van der Waals surface area contributed by atoms with E-state index in [2.05, 4.69) is 13.0 Å². The second-order valence-corrected chi connectivity index (χ2v) is 6.56. The second kappa shape index (κ2) is 4.56. The van der Waals surface area contributed by atoms with Crippen molar-refractivity contribution >= 4 is 0 Å². The van der Waals surface area contributed by atoms with E-state index in [0.717, 1.165) is 36.8 Å². The van der Waals surface area contributed by atoms with Crippen molar-refractivity contribution < 1.29 is 9.50 Å². The summed E-state index contributed by atoms with van der Waals surface area (Å²) in [6, 6.07) is 7.02. The van der Waals surface area contributed by atoms with Crippen molar-refractivity contribution in [1.29, 1.82) is 5.26 Å². The Bertz CT molecular complexity index is 579. The maximum atomic E-state index is 13.3. The molecule has 0 spiro atoms. The Kier molecular flexibility index (Phi) is 3.10. The maximum Gasteiger partial charge on any atom is 0.123 e. The van der Waals surface area contributed by atoms with Gasteiger partial charge in [-0.05, 0) is 54.9 Å². The normalized spacial score (nSPS) is 36.4. The highest BCUT2D eigenvalue weighted by Crippen LogP contribution is 2.56. The molecule has 1 N–H and O–H groups in total. The molecule has 0 amide bonds. The lowest BCUT2D eigenvalue weighted by molar-refractivity contribution is -0.0853. The van der Waals surface area contributed by atoms with Crippen molar-refractivity contribution in [2.45, 2.75) is 51.0 Å². The van der Waals surface area contributed by atoms with Crippen LogP contribution in [0.1, 0.15) is 50.2 Å². The van der Waals surface area contributed by atoms with Crippen LogP contribution in [0, 0.1) is 28.5 Å². The third kappa shape index (κ3) is 1.78. The molecular weight excluding hydrogens is 253 g/mol. The summed E-state index contributed by atoms with van der Waals surface area (Å²) < 4.78 is 13.3. The lowest BCUT2D eigenvalue weighted by Gasteiger charge is -2.45. The highest BCUT2D eigenvalue weighted by atomic mass is 19.1. The van der Waals surface area contributed by atoms with Gasteiger partial charge < -0.3 is 5.11 Å². The standard InChI is InChI=1S/C17H20FNO/c1-12-3-2-7-16(10-12,11-19)17(20)8-6-13-9-14(18)4-5-15(13)17/h4-5,9,12,20H,2-3,6-8,10H2,1H3.